The van der Waals surface area contributed by atoms with Crippen LogP contribution in [0.1, 0.15) is 42.6 Å². The van der Waals surface area contributed by atoms with Crippen molar-refractivity contribution in [3.05, 3.63) is 53.6 Å². The molecule has 2 aromatic rings. The highest BCUT2D eigenvalue weighted by Gasteiger charge is 2.34. The average molecular weight is 350 g/mol. The van der Waals surface area contributed by atoms with Gasteiger partial charge < -0.3 is 14.5 Å². The van der Waals surface area contributed by atoms with Crippen LogP contribution in [0.3, 0.4) is 0 Å². The second-order valence-corrected chi connectivity index (χ2v) is 7.35. The summed E-state index contributed by atoms with van der Waals surface area (Å²) in [5.74, 6) is 1.25. The maximum absolute atomic E-state index is 12.5. The van der Waals surface area contributed by atoms with Crippen LogP contribution in [0.15, 0.2) is 42.5 Å². The minimum Gasteiger partial charge on any atom is -0.490 e. The molecule has 2 atom stereocenters. The van der Waals surface area contributed by atoms with Crippen molar-refractivity contribution >= 4 is 17.2 Å². The Morgan fingerprint density at radius 3 is 2.27 bits per heavy atom. The molecule has 2 aliphatic rings. The van der Waals surface area contributed by atoms with E-state index in [2.05, 4.69) is 54.0 Å². The molecule has 0 spiro atoms. The van der Waals surface area contributed by atoms with Crippen molar-refractivity contribution in [2.24, 2.45) is 0 Å². The summed E-state index contributed by atoms with van der Waals surface area (Å²) in [7, 11) is 0. The Labute approximate surface area is 155 Å². The first-order chi connectivity index (χ1) is 12.6. The van der Waals surface area contributed by atoms with Crippen LogP contribution in [-0.4, -0.2) is 38.1 Å². The number of para-hydroxylation sites is 1. The van der Waals surface area contributed by atoms with Crippen LogP contribution in [0.5, 0.6) is 5.75 Å². The van der Waals surface area contributed by atoms with Gasteiger partial charge in [-0.2, -0.15) is 0 Å². The van der Waals surface area contributed by atoms with Crippen molar-refractivity contribution in [1.29, 1.82) is 0 Å². The number of ketones is 1. The molecule has 2 heterocycles. The Bertz CT molecular complexity index is 810. The number of hydrogen-bond donors (Lipinski definition) is 0. The minimum absolute atomic E-state index is 0.119. The predicted molar refractivity (Wildman–Crippen MR) is 106 cm³/mol. The lowest BCUT2D eigenvalue weighted by atomic mass is 9.90. The molecular formula is C22H26N2O2. The Morgan fingerprint density at radius 1 is 0.962 bits per heavy atom. The lowest BCUT2D eigenvalue weighted by molar-refractivity contribution is 0.101. The van der Waals surface area contributed by atoms with E-state index < -0.39 is 0 Å². The van der Waals surface area contributed by atoms with Crippen molar-refractivity contribution in [3.8, 4) is 5.75 Å². The zero-order chi connectivity index (χ0) is 18.3. The summed E-state index contributed by atoms with van der Waals surface area (Å²) in [6.45, 7) is 9.65. The summed E-state index contributed by atoms with van der Waals surface area (Å²) in [6, 6.07) is 14.6. The number of nitrogens with zero attached hydrogens (tertiary/aromatic N) is 2. The number of rotatable bonds is 3. The number of hydrogen-bond acceptors (Lipinski definition) is 4. The van der Waals surface area contributed by atoms with E-state index in [1.807, 2.05) is 12.1 Å². The fraction of sp³-hybridized carbons (Fsp3) is 0.409. The van der Waals surface area contributed by atoms with Gasteiger partial charge in [-0.3, -0.25) is 4.79 Å². The standard InChI is InChI=1S/C22H26N2O2/c1-15-17(3)26-20-10-9-19(22(16(2)25)21(15)20)24-13-11-23(12-14-24)18-7-5-4-6-8-18/h4-10,15,17H,11-14H2,1-3H3. The second-order valence-electron chi connectivity index (χ2n) is 7.35. The van der Waals surface area contributed by atoms with E-state index in [0.29, 0.717) is 0 Å². The average Bonchev–Trinajstić information content (AvgIpc) is 2.96. The van der Waals surface area contributed by atoms with Crippen LogP contribution < -0.4 is 14.5 Å². The number of anilines is 2. The molecule has 136 valence electrons. The van der Waals surface area contributed by atoms with E-state index in [9.17, 15) is 4.79 Å². The van der Waals surface area contributed by atoms with Crippen molar-refractivity contribution < 1.29 is 9.53 Å². The van der Waals surface area contributed by atoms with Crippen LogP contribution in [0.25, 0.3) is 0 Å². The number of fused-ring (bicyclic) bond motifs is 1. The topological polar surface area (TPSA) is 32.8 Å². The first-order valence-corrected chi connectivity index (χ1v) is 9.45. The van der Waals surface area contributed by atoms with Crippen molar-refractivity contribution in [3.63, 3.8) is 0 Å². The van der Waals surface area contributed by atoms with Gasteiger partial charge in [0.1, 0.15) is 11.9 Å². The van der Waals surface area contributed by atoms with Crippen molar-refractivity contribution in [2.45, 2.75) is 32.8 Å². The van der Waals surface area contributed by atoms with Crippen molar-refractivity contribution in [2.75, 3.05) is 36.0 Å². The minimum atomic E-state index is 0.119. The van der Waals surface area contributed by atoms with Gasteiger partial charge in [-0.1, -0.05) is 25.1 Å². The molecule has 2 aliphatic heterocycles. The third kappa shape index (κ3) is 2.83. The molecule has 0 saturated carbocycles. The van der Waals surface area contributed by atoms with Crippen LogP contribution >= 0.6 is 0 Å². The molecule has 1 fully saturated rings. The maximum atomic E-state index is 12.5. The summed E-state index contributed by atoms with van der Waals surface area (Å²) in [6.07, 6.45) is 0.119. The van der Waals surface area contributed by atoms with E-state index in [0.717, 1.165) is 48.7 Å². The van der Waals surface area contributed by atoms with Crippen LogP contribution in [0, 0.1) is 0 Å². The van der Waals surface area contributed by atoms with E-state index in [1.54, 1.807) is 6.92 Å². The zero-order valence-corrected chi connectivity index (χ0v) is 15.7. The van der Waals surface area contributed by atoms with Gasteiger partial charge in [0, 0.05) is 54.6 Å². The smallest absolute Gasteiger partial charge is 0.162 e. The third-order valence-corrected chi connectivity index (χ3v) is 5.75. The van der Waals surface area contributed by atoms with Crippen LogP contribution in [0.4, 0.5) is 11.4 Å². The van der Waals surface area contributed by atoms with Gasteiger partial charge in [0.25, 0.3) is 0 Å². The molecule has 4 nitrogen and oxygen atoms in total. The van der Waals surface area contributed by atoms with Gasteiger partial charge in [-0.05, 0) is 38.1 Å². The Balaban J connectivity index is 1.61. The quantitative estimate of drug-likeness (QED) is 0.780. The van der Waals surface area contributed by atoms with Gasteiger partial charge >= 0.3 is 0 Å². The summed E-state index contributed by atoms with van der Waals surface area (Å²) in [4.78, 5) is 17.3. The predicted octanol–water partition coefficient (Wildman–Crippen LogP) is 4.10. The van der Waals surface area contributed by atoms with Gasteiger partial charge in [0.2, 0.25) is 0 Å². The Kier molecular flexibility index (Phi) is 4.35. The second kappa shape index (κ2) is 6.67. The first kappa shape index (κ1) is 17.0. The molecule has 0 amide bonds. The molecule has 4 rings (SSSR count). The molecule has 2 aromatic carbocycles. The number of carbonyl (C=O) groups is 1. The number of ether oxygens (including phenoxy) is 1. The Hall–Kier alpha value is -2.49. The molecule has 1 saturated heterocycles. The SMILES string of the molecule is CC(=O)c1c(N2CCN(c3ccccc3)CC2)ccc2c1C(C)C(C)O2. The summed E-state index contributed by atoms with van der Waals surface area (Å²) >= 11 is 0. The molecule has 2 unspecified atom stereocenters. The lowest BCUT2D eigenvalue weighted by Gasteiger charge is -2.38. The molecule has 0 aromatic heterocycles. The molecule has 0 radical (unpaired) electrons. The Morgan fingerprint density at radius 2 is 1.62 bits per heavy atom. The molecule has 26 heavy (non-hydrogen) atoms. The molecule has 0 bridgehead atoms. The molecule has 4 heteroatoms. The fourth-order valence-electron chi connectivity index (χ4n) is 4.16. The summed E-state index contributed by atoms with van der Waals surface area (Å²) < 4.78 is 5.95. The maximum Gasteiger partial charge on any atom is 0.162 e. The highest BCUT2D eigenvalue weighted by molar-refractivity contribution is 6.02. The summed E-state index contributed by atoms with van der Waals surface area (Å²) in [5.41, 5.74) is 4.28. The lowest BCUT2D eigenvalue weighted by Crippen LogP contribution is -2.47. The number of piperazine rings is 1. The molecule has 0 N–H and O–H groups in total. The fourth-order valence-corrected chi connectivity index (χ4v) is 4.16. The highest BCUT2D eigenvalue weighted by Crippen LogP contribution is 2.44. The largest absolute Gasteiger partial charge is 0.490 e. The van der Waals surface area contributed by atoms with Gasteiger partial charge in [-0.25, -0.2) is 0 Å². The monoisotopic (exact) mass is 350 g/mol. The number of carbonyl (C=O) groups excluding carboxylic acids is 1. The highest BCUT2D eigenvalue weighted by atomic mass is 16.5. The normalized spacial score (nSPS) is 22.1. The van der Waals surface area contributed by atoms with Gasteiger partial charge in [0.05, 0.1) is 0 Å². The van der Waals surface area contributed by atoms with Crippen LogP contribution in [-0.2, 0) is 0 Å². The van der Waals surface area contributed by atoms with Crippen molar-refractivity contribution in [1.82, 2.24) is 0 Å². The van der Waals surface area contributed by atoms with E-state index in [4.69, 9.17) is 4.74 Å². The summed E-state index contributed by atoms with van der Waals surface area (Å²) in [5, 5.41) is 0. The molecular weight excluding hydrogens is 324 g/mol. The number of benzene rings is 2. The third-order valence-electron chi connectivity index (χ3n) is 5.75. The van der Waals surface area contributed by atoms with E-state index in [1.165, 1.54) is 5.69 Å². The van der Waals surface area contributed by atoms with E-state index in [-0.39, 0.29) is 17.8 Å². The first-order valence-electron chi connectivity index (χ1n) is 9.45. The van der Waals surface area contributed by atoms with Crippen LogP contribution in [0.2, 0.25) is 0 Å². The zero-order valence-electron chi connectivity index (χ0n) is 15.7. The van der Waals surface area contributed by atoms with Gasteiger partial charge in [0.15, 0.2) is 5.78 Å². The number of Topliss-reactive ketones (excluding diaryl/α,β-unsaturated/α-hetero) is 1. The molecule has 0 aliphatic carbocycles. The van der Waals surface area contributed by atoms with Gasteiger partial charge in [-0.15, -0.1) is 0 Å². The van der Waals surface area contributed by atoms with E-state index >= 15 is 0 Å².